The van der Waals surface area contributed by atoms with Gasteiger partial charge in [0.05, 0.1) is 20.1 Å². The molecule has 1 atom stereocenters. The van der Waals surface area contributed by atoms with Crippen LogP contribution < -0.4 is 4.74 Å². The molecule has 0 heterocycles. The summed E-state index contributed by atoms with van der Waals surface area (Å²) in [7, 11) is 2.96. The fourth-order valence-corrected chi connectivity index (χ4v) is 2.53. The van der Waals surface area contributed by atoms with Crippen molar-refractivity contribution in [1.29, 1.82) is 0 Å². The van der Waals surface area contributed by atoms with Gasteiger partial charge in [0.25, 0.3) is 5.91 Å². The molecule has 24 heavy (non-hydrogen) atoms. The SMILES string of the molecule is CCCCCCN(CC(C)C(=O)OC)C(=O)c1ccc(OC)cc1. The molecule has 0 aromatic heterocycles. The molecule has 5 heteroatoms. The number of amides is 1. The Labute approximate surface area is 144 Å². The van der Waals surface area contributed by atoms with E-state index in [0.29, 0.717) is 24.4 Å². The van der Waals surface area contributed by atoms with Crippen LogP contribution in [0.15, 0.2) is 24.3 Å². The van der Waals surface area contributed by atoms with Crippen molar-refractivity contribution in [2.45, 2.75) is 39.5 Å². The largest absolute Gasteiger partial charge is 0.497 e. The first-order chi connectivity index (χ1) is 11.5. The van der Waals surface area contributed by atoms with Gasteiger partial charge in [-0.2, -0.15) is 0 Å². The normalized spacial score (nSPS) is 11.7. The second-order valence-electron chi connectivity index (χ2n) is 5.96. The van der Waals surface area contributed by atoms with E-state index in [4.69, 9.17) is 9.47 Å². The maximum Gasteiger partial charge on any atom is 0.310 e. The van der Waals surface area contributed by atoms with Gasteiger partial charge in [-0.15, -0.1) is 0 Å². The van der Waals surface area contributed by atoms with Crippen molar-refractivity contribution in [2.75, 3.05) is 27.3 Å². The average molecular weight is 335 g/mol. The first-order valence-electron chi connectivity index (χ1n) is 8.54. The van der Waals surface area contributed by atoms with E-state index >= 15 is 0 Å². The zero-order chi connectivity index (χ0) is 17.9. The molecule has 0 aliphatic carbocycles. The Balaban J connectivity index is 2.80. The standard InChI is InChI=1S/C19H29NO4/c1-5-6-7-8-13-20(14-15(2)19(22)24-4)18(21)16-9-11-17(23-3)12-10-16/h9-12,15H,5-8,13-14H2,1-4H3. The van der Waals surface area contributed by atoms with Gasteiger partial charge in [-0.3, -0.25) is 9.59 Å². The Morgan fingerprint density at radius 2 is 1.75 bits per heavy atom. The zero-order valence-electron chi connectivity index (χ0n) is 15.2. The Hall–Kier alpha value is -2.04. The number of ether oxygens (including phenoxy) is 2. The van der Waals surface area contributed by atoms with Crippen LogP contribution in [0.3, 0.4) is 0 Å². The van der Waals surface area contributed by atoms with Crippen molar-refractivity contribution in [3.05, 3.63) is 29.8 Å². The van der Waals surface area contributed by atoms with E-state index in [-0.39, 0.29) is 17.8 Å². The zero-order valence-corrected chi connectivity index (χ0v) is 15.2. The van der Waals surface area contributed by atoms with Crippen molar-refractivity contribution in [2.24, 2.45) is 5.92 Å². The molecule has 1 aromatic rings. The van der Waals surface area contributed by atoms with Gasteiger partial charge in [-0.1, -0.05) is 33.1 Å². The highest BCUT2D eigenvalue weighted by Crippen LogP contribution is 2.15. The van der Waals surface area contributed by atoms with Crippen molar-refractivity contribution in [3.8, 4) is 5.75 Å². The molecule has 0 bridgehead atoms. The highest BCUT2D eigenvalue weighted by atomic mass is 16.5. The molecule has 0 spiro atoms. The van der Waals surface area contributed by atoms with Crippen molar-refractivity contribution in [3.63, 3.8) is 0 Å². The molecule has 0 fully saturated rings. The molecule has 0 saturated carbocycles. The second-order valence-corrected chi connectivity index (χ2v) is 5.96. The summed E-state index contributed by atoms with van der Waals surface area (Å²) in [5.41, 5.74) is 0.600. The molecule has 0 radical (unpaired) electrons. The number of benzene rings is 1. The molecule has 1 rings (SSSR count). The van der Waals surface area contributed by atoms with E-state index in [0.717, 1.165) is 25.7 Å². The van der Waals surface area contributed by atoms with Crippen LogP contribution in [0, 0.1) is 5.92 Å². The summed E-state index contributed by atoms with van der Waals surface area (Å²) in [6.07, 6.45) is 4.31. The van der Waals surface area contributed by atoms with Crippen LogP contribution in [0.2, 0.25) is 0 Å². The predicted octanol–water partition coefficient (Wildman–Crippen LogP) is 3.53. The molecule has 0 N–H and O–H groups in total. The minimum Gasteiger partial charge on any atom is -0.497 e. The van der Waals surface area contributed by atoms with Crippen LogP contribution in [0.1, 0.15) is 49.9 Å². The van der Waals surface area contributed by atoms with Crippen LogP contribution in [0.25, 0.3) is 0 Å². The monoisotopic (exact) mass is 335 g/mol. The molecular formula is C19H29NO4. The van der Waals surface area contributed by atoms with Crippen LogP contribution in [0.5, 0.6) is 5.75 Å². The number of unbranched alkanes of at least 4 members (excludes halogenated alkanes) is 3. The van der Waals surface area contributed by atoms with E-state index in [2.05, 4.69) is 6.92 Å². The lowest BCUT2D eigenvalue weighted by atomic mass is 10.1. The predicted molar refractivity (Wildman–Crippen MR) is 94.2 cm³/mol. The van der Waals surface area contributed by atoms with E-state index in [9.17, 15) is 9.59 Å². The van der Waals surface area contributed by atoms with Crippen molar-refractivity contribution >= 4 is 11.9 Å². The van der Waals surface area contributed by atoms with Gasteiger partial charge in [-0.25, -0.2) is 0 Å². The first-order valence-corrected chi connectivity index (χ1v) is 8.54. The summed E-state index contributed by atoms with van der Waals surface area (Å²) < 4.78 is 9.90. The Bertz CT molecular complexity index is 513. The minimum atomic E-state index is -0.344. The van der Waals surface area contributed by atoms with E-state index in [1.165, 1.54) is 7.11 Å². The lowest BCUT2D eigenvalue weighted by Crippen LogP contribution is -2.38. The topological polar surface area (TPSA) is 55.8 Å². The molecule has 5 nitrogen and oxygen atoms in total. The maximum atomic E-state index is 12.8. The van der Waals surface area contributed by atoms with E-state index in [1.54, 1.807) is 43.2 Å². The van der Waals surface area contributed by atoms with Crippen LogP contribution in [-0.4, -0.2) is 44.1 Å². The van der Waals surface area contributed by atoms with Gasteiger partial charge in [0.2, 0.25) is 0 Å². The summed E-state index contributed by atoms with van der Waals surface area (Å²) >= 11 is 0. The summed E-state index contributed by atoms with van der Waals surface area (Å²) in [5, 5.41) is 0. The van der Waals surface area contributed by atoms with Crippen LogP contribution in [0.4, 0.5) is 0 Å². The van der Waals surface area contributed by atoms with E-state index in [1.807, 2.05) is 0 Å². The molecular weight excluding hydrogens is 306 g/mol. The Morgan fingerprint density at radius 3 is 2.29 bits per heavy atom. The fourth-order valence-electron chi connectivity index (χ4n) is 2.53. The average Bonchev–Trinajstić information content (AvgIpc) is 2.62. The third-order valence-electron chi connectivity index (χ3n) is 4.00. The number of rotatable bonds is 10. The van der Waals surface area contributed by atoms with Crippen LogP contribution in [-0.2, 0) is 9.53 Å². The van der Waals surface area contributed by atoms with Gasteiger partial charge in [0.1, 0.15) is 5.75 Å². The highest BCUT2D eigenvalue weighted by Gasteiger charge is 2.22. The molecule has 0 saturated heterocycles. The number of carbonyl (C=O) groups excluding carboxylic acids is 2. The number of nitrogens with zero attached hydrogens (tertiary/aromatic N) is 1. The van der Waals surface area contributed by atoms with Crippen LogP contribution >= 0.6 is 0 Å². The van der Waals surface area contributed by atoms with Gasteiger partial charge < -0.3 is 14.4 Å². The quantitative estimate of drug-likeness (QED) is 0.485. The molecule has 1 amide bonds. The third-order valence-corrected chi connectivity index (χ3v) is 4.00. The first kappa shape index (κ1) is 20.0. The highest BCUT2D eigenvalue weighted by molar-refractivity contribution is 5.94. The Kier molecular flexibility index (Phi) is 8.90. The third kappa shape index (κ3) is 6.22. The summed E-state index contributed by atoms with van der Waals surface area (Å²) in [5.74, 6) is 0.00772. The van der Waals surface area contributed by atoms with E-state index < -0.39 is 0 Å². The molecule has 0 aliphatic heterocycles. The summed E-state index contributed by atoms with van der Waals surface area (Å²) in [6, 6.07) is 7.05. The van der Waals surface area contributed by atoms with Gasteiger partial charge >= 0.3 is 5.97 Å². The number of hydrogen-bond acceptors (Lipinski definition) is 4. The van der Waals surface area contributed by atoms with Gasteiger partial charge in [0, 0.05) is 18.7 Å². The lowest BCUT2D eigenvalue weighted by Gasteiger charge is -2.25. The van der Waals surface area contributed by atoms with Crippen molar-refractivity contribution in [1.82, 2.24) is 4.90 Å². The molecule has 0 aliphatic rings. The fraction of sp³-hybridized carbons (Fsp3) is 0.579. The van der Waals surface area contributed by atoms with Gasteiger partial charge in [-0.05, 0) is 30.7 Å². The number of esters is 1. The van der Waals surface area contributed by atoms with Gasteiger partial charge in [0.15, 0.2) is 0 Å². The molecule has 1 unspecified atom stereocenters. The number of carbonyl (C=O) groups is 2. The smallest absolute Gasteiger partial charge is 0.310 e. The molecule has 1 aromatic carbocycles. The summed E-state index contributed by atoms with van der Waals surface area (Å²) in [6.45, 7) is 4.95. The van der Waals surface area contributed by atoms with Crippen molar-refractivity contribution < 1.29 is 19.1 Å². The lowest BCUT2D eigenvalue weighted by molar-refractivity contribution is -0.145. The summed E-state index contributed by atoms with van der Waals surface area (Å²) in [4.78, 5) is 26.2. The number of methoxy groups -OCH3 is 2. The molecule has 134 valence electrons. The second kappa shape index (κ2) is 10.7. The Morgan fingerprint density at radius 1 is 1.08 bits per heavy atom. The maximum absolute atomic E-state index is 12.8. The minimum absolute atomic E-state index is 0.0649. The number of hydrogen-bond donors (Lipinski definition) is 0.